The molecule has 168 valence electrons. The lowest BCUT2D eigenvalue weighted by atomic mass is 10.1. The van der Waals surface area contributed by atoms with E-state index in [4.69, 9.17) is 9.47 Å². The van der Waals surface area contributed by atoms with E-state index in [2.05, 4.69) is 15.6 Å². The second kappa shape index (κ2) is 11.0. The molecule has 0 radical (unpaired) electrons. The molecular weight excluding hydrogens is 421 g/mol. The van der Waals surface area contributed by atoms with Gasteiger partial charge in [0, 0.05) is 30.5 Å². The van der Waals surface area contributed by atoms with Crippen LogP contribution < -0.4 is 20.1 Å². The van der Waals surface area contributed by atoms with E-state index in [0.29, 0.717) is 43.6 Å². The smallest absolute Gasteiger partial charge is 0.195 e. The number of ether oxygens (including phenoxy) is 2. The van der Waals surface area contributed by atoms with Gasteiger partial charge in [0.05, 0.1) is 25.5 Å². The van der Waals surface area contributed by atoms with Gasteiger partial charge in [0.1, 0.15) is 5.82 Å². The van der Waals surface area contributed by atoms with Gasteiger partial charge in [0.15, 0.2) is 27.3 Å². The SMILES string of the molecule is CCS(=O)(=O)CCN=C(NCCc1cccc(F)c1)Nc1ccc2c(c1)OCCCO2. The summed E-state index contributed by atoms with van der Waals surface area (Å²) in [4.78, 5) is 4.40. The molecule has 0 unspecified atom stereocenters. The van der Waals surface area contributed by atoms with Crippen LogP contribution in [0.25, 0.3) is 0 Å². The van der Waals surface area contributed by atoms with E-state index >= 15 is 0 Å². The standard InChI is InChI=1S/C22H28FN3O4S/c1-2-31(27,28)14-11-25-22(24-10-9-17-5-3-6-18(23)15-17)26-19-7-8-20-21(16-19)30-13-4-12-29-20/h3,5-8,15-16H,2,4,9-14H2,1H3,(H2,24,25,26). The molecule has 0 saturated heterocycles. The molecule has 1 heterocycles. The number of halogens is 1. The molecule has 0 bridgehead atoms. The maximum Gasteiger partial charge on any atom is 0.195 e. The van der Waals surface area contributed by atoms with Gasteiger partial charge in [0.2, 0.25) is 0 Å². The third kappa shape index (κ3) is 7.43. The van der Waals surface area contributed by atoms with Crippen molar-refractivity contribution in [2.75, 3.05) is 43.1 Å². The first kappa shape index (κ1) is 22.9. The molecule has 7 nitrogen and oxygen atoms in total. The maximum absolute atomic E-state index is 13.4. The summed E-state index contributed by atoms with van der Waals surface area (Å²) < 4.78 is 48.3. The molecule has 0 spiro atoms. The van der Waals surface area contributed by atoms with Crippen molar-refractivity contribution in [1.29, 1.82) is 0 Å². The molecule has 0 saturated carbocycles. The predicted molar refractivity (Wildman–Crippen MR) is 120 cm³/mol. The highest BCUT2D eigenvalue weighted by molar-refractivity contribution is 7.91. The van der Waals surface area contributed by atoms with E-state index in [1.165, 1.54) is 12.1 Å². The lowest BCUT2D eigenvalue weighted by Gasteiger charge is -2.15. The summed E-state index contributed by atoms with van der Waals surface area (Å²) in [7, 11) is -3.11. The Hall–Kier alpha value is -2.81. The predicted octanol–water partition coefficient (Wildman–Crippen LogP) is 3.02. The Bertz CT molecular complexity index is 1010. The molecule has 1 aliphatic rings. The quantitative estimate of drug-likeness (QED) is 0.476. The summed E-state index contributed by atoms with van der Waals surface area (Å²) in [6.45, 7) is 3.45. The topological polar surface area (TPSA) is 89.0 Å². The fourth-order valence-corrected chi connectivity index (χ4v) is 3.63. The average molecular weight is 450 g/mol. The van der Waals surface area contributed by atoms with Crippen molar-refractivity contribution < 1.29 is 22.3 Å². The first-order valence-electron chi connectivity index (χ1n) is 10.3. The zero-order valence-corrected chi connectivity index (χ0v) is 18.4. The lowest BCUT2D eigenvalue weighted by molar-refractivity contribution is 0.297. The second-order valence-corrected chi connectivity index (χ2v) is 9.58. The number of nitrogens with zero attached hydrogens (tertiary/aromatic N) is 1. The van der Waals surface area contributed by atoms with E-state index in [0.717, 1.165) is 17.7 Å². The van der Waals surface area contributed by atoms with Crippen LogP contribution >= 0.6 is 0 Å². The number of hydrogen-bond donors (Lipinski definition) is 2. The molecule has 0 atom stereocenters. The fraction of sp³-hybridized carbons (Fsp3) is 0.409. The highest BCUT2D eigenvalue weighted by Gasteiger charge is 2.12. The number of fused-ring (bicyclic) bond motifs is 1. The molecule has 0 aliphatic carbocycles. The van der Waals surface area contributed by atoms with Gasteiger partial charge in [-0.05, 0) is 36.2 Å². The van der Waals surface area contributed by atoms with Gasteiger partial charge >= 0.3 is 0 Å². The van der Waals surface area contributed by atoms with E-state index < -0.39 is 9.84 Å². The normalized spacial score (nSPS) is 14.1. The maximum atomic E-state index is 13.4. The molecule has 0 aromatic heterocycles. The average Bonchev–Trinajstić information content (AvgIpc) is 2.98. The van der Waals surface area contributed by atoms with Gasteiger partial charge in [-0.1, -0.05) is 19.1 Å². The number of anilines is 1. The first-order chi connectivity index (χ1) is 14.9. The van der Waals surface area contributed by atoms with Crippen molar-refractivity contribution in [1.82, 2.24) is 5.32 Å². The minimum absolute atomic E-state index is 0.0264. The Morgan fingerprint density at radius 3 is 2.71 bits per heavy atom. The molecule has 0 amide bonds. The minimum atomic E-state index is -3.11. The zero-order chi connectivity index (χ0) is 22.1. The molecular formula is C22H28FN3O4S. The Labute approximate surface area is 182 Å². The Balaban J connectivity index is 1.68. The number of guanidine groups is 1. The summed E-state index contributed by atoms with van der Waals surface area (Å²) in [5.74, 6) is 1.56. The minimum Gasteiger partial charge on any atom is -0.490 e. The van der Waals surface area contributed by atoms with Gasteiger partial charge in [0.25, 0.3) is 0 Å². The van der Waals surface area contributed by atoms with Crippen LogP contribution in [0.4, 0.5) is 10.1 Å². The van der Waals surface area contributed by atoms with Crippen molar-refractivity contribution in [2.24, 2.45) is 4.99 Å². The van der Waals surface area contributed by atoms with Crippen LogP contribution in [0.1, 0.15) is 18.9 Å². The number of benzene rings is 2. The van der Waals surface area contributed by atoms with Crippen LogP contribution in [0.5, 0.6) is 11.5 Å². The summed E-state index contributed by atoms with van der Waals surface area (Å²) in [5, 5.41) is 6.37. The third-order valence-corrected chi connectivity index (χ3v) is 6.40. The van der Waals surface area contributed by atoms with E-state index in [1.807, 2.05) is 24.3 Å². The fourth-order valence-electron chi connectivity index (χ4n) is 2.98. The van der Waals surface area contributed by atoms with Crippen molar-refractivity contribution in [2.45, 2.75) is 19.8 Å². The molecule has 9 heteroatoms. The largest absolute Gasteiger partial charge is 0.490 e. The van der Waals surface area contributed by atoms with Gasteiger partial charge in [-0.3, -0.25) is 4.99 Å². The molecule has 1 aliphatic heterocycles. The summed E-state index contributed by atoms with van der Waals surface area (Å²) in [5.41, 5.74) is 1.59. The molecule has 2 N–H and O–H groups in total. The lowest BCUT2D eigenvalue weighted by Crippen LogP contribution is -2.33. The monoisotopic (exact) mass is 449 g/mol. The Morgan fingerprint density at radius 2 is 1.94 bits per heavy atom. The van der Waals surface area contributed by atoms with Crippen LogP contribution in [0.3, 0.4) is 0 Å². The van der Waals surface area contributed by atoms with Crippen molar-refractivity contribution >= 4 is 21.5 Å². The Kier molecular flexibility index (Phi) is 8.11. The molecule has 2 aromatic carbocycles. The molecule has 31 heavy (non-hydrogen) atoms. The van der Waals surface area contributed by atoms with Crippen LogP contribution in [0.15, 0.2) is 47.5 Å². The number of aliphatic imine (C=N–C) groups is 1. The van der Waals surface area contributed by atoms with Crippen LogP contribution in [-0.4, -0.2) is 52.2 Å². The van der Waals surface area contributed by atoms with Crippen LogP contribution in [0.2, 0.25) is 0 Å². The van der Waals surface area contributed by atoms with E-state index in [-0.39, 0.29) is 23.9 Å². The number of nitrogens with one attached hydrogen (secondary N) is 2. The van der Waals surface area contributed by atoms with Gasteiger partial charge in [-0.25, -0.2) is 12.8 Å². The number of rotatable bonds is 8. The summed E-state index contributed by atoms with van der Waals surface area (Å²) in [6, 6.07) is 11.9. The van der Waals surface area contributed by atoms with Gasteiger partial charge in [-0.15, -0.1) is 0 Å². The van der Waals surface area contributed by atoms with Gasteiger partial charge in [-0.2, -0.15) is 0 Å². The first-order valence-corrected chi connectivity index (χ1v) is 12.2. The zero-order valence-electron chi connectivity index (χ0n) is 17.6. The summed E-state index contributed by atoms with van der Waals surface area (Å²) >= 11 is 0. The van der Waals surface area contributed by atoms with E-state index in [1.54, 1.807) is 13.0 Å². The van der Waals surface area contributed by atoms with Crippen LogP contribution in [0, 0.1) is 5.82 Å². The van der Waals surface area contributed by atoms with Crippen molar-refractivity contribution in [3.05, 3.63) is 53.8 Å². The molecule has 3 rings (SSSR count). The number of hydrogen-bond acceptors (Lipinski definition) is 5. The van der Waals surface area contributed by atoms with Crippen molar-refractivity contribution in [3.8, 4) is 11.5 Å². The summed E-state index contributed by atoms with van der Waals surface area (Å²) in [6.07, 6.45) is 1.41. The molecule has 0 fully saturated rings. The Morgan fingerprint density at radius 1 is 1.13 bits per heavy atom. The van der Waals surface area contributed by atoms with Crippen molar-refractivity contribution in [3.63, 3.8) is 0 Å². The number of sulfone groups is 1. The highest BCUT2D eigenvalue weighted by atomic mass is 32.2. The van der Waals surface area contributed by atoms with E-state index in [9.17, 15) is 12.8 Å². The third-order valence-electron chi connectivity index (χ3n) is 4.72. The van der Waals surface area contributed by atoms with Crippen LogP contribution in [-0.2, 0) is 16.3 Å². The molecule has 2 aromatic rings. The second-order valence-electron chi connectivity index (χ2n) is 7.11. The van der Waals surface area contributed by atoms with Gasteiger partial charge < -0.3 is 20.1 Å². The highest BCUT2D eigenvalue weighted by Crippen LogP contribution is 2.32.